The standard InChI is InChI=1S/C23H22N2O3S/c26-22(21(23(27)28)16-17-29-20-14-8-3-9-15-20)25(19-12-6-2-7-13-19)24-18-10-4-1-5-11-18/h1-15,21,24H,16-17H2,(H,27,28). The maximum atomic E-state index is 13.2. The van der Waals surface area contributed by atoms with Crippen molar-refractivity contribution >= 4 is 35.0 Å². The van der Waals surface area contributed by atoms with Gasteiger partial charge < -0.3 is 5.11 Å². The Balaban J connectivity index is 1.76. The van der Waals surface area contributed by atoms with Crippen molar-refractivity contribution in [3.63, 3.8) is 0 Å². The fraction of sp³-hybridized carbons (Fsp3) is 0.130. The lowest BCUT2D eigenvalue weighted by Gasteiger charge is -2.27. The van der Waals surface area contributed by atoms with E-state index in [2.05, 4.69) is 5.43 Å². The molecule has 29 heavy (non-hydrogen) atoms. The number of benzene rings is 3. The summed E-state index contributed by atoms with van der Waals surface area (Å²) in [6, 6.07) is 28.0. The normalized spacial score (nSPS) is 11.4. The molecule has 1 amide bonds. The lowest BCUT2D eigenvalue weighted by molar-refractivity contribution is -0.146. The van der Waals surface area contributed by atoms with E-state index in [1.165, 1.54) is 5.01 Å². The van der Waals surface area contributed by atoms with Crippen molar-refractivity contribution in [1.29, 1.82) is 0 Å². The average Bonchev–Trinajstić information content (AvgIpc) is 2.76. The zero-order chi connectivity index (χ0) is 20.5. The Kier molecular flexibility index (Phi) is 7.30. The second-order valence-corrected chi connectivity index (χ2v) is 7.50. The molecule has 0 spiro atoms. The molecule has 1 unspecified atom stereocenters. The highest BCUT2D eigenvalue weighted by Crippen LogP contribution is 2.24. The highest BCUT2D eigenvalue weighted by molar-refractivity contribution is 7.99. The minimum Gasteiger partial charge on any atom is -0.481 e. The maximum Gasteiger partial charge on any atom is 0.316 e. The van der Waals surface area contributed by atoms with Gasteiger partial charge in [-0.15, -0.1) is 11.8 Å². The topological polar surface area (TPSA) is 69.6 Å². The number of hydrogen-bond acceptors (Lipinski definition) is 4. The van der Waals surface area contributed by atoms with E-state index in [9.17, 15) is 14.7 Å². The molecule has 0 bridgehead atoms. The SMILES string of the molecule is O=C(O)C(CCSc1ccccc1)C(=O)N(Nc1ccccc1)c1ccccc1. The lowest BCUT2D eigenvalue weighted by Crippen LogP contribution is -2.43. The molecule has 0 aliphatic rings. The first-order valence-electron chi connectivity index (χ1n) is 9.26. The molecule has 5 nitrogen and oxygen atoms in total. The van der Waals surface area contributed by atoms with Crippen molar-refractivity contribution in [2.24, 2.45) is 5.92 Å². The van der Waals surface area contributed by atoms with Gasteiger partial charge >= 0.3 is 5.97 Å². The summed E-state index contributed by atoms with van der Waals surface area (Å²) in [6.45, 7) is 0. The van der Waals surface area contributed by atoms with Crippen molar-refractivity contribution in [2.75, 3.05) is 16.2 Å². The molecule has 0 aliphatic carbocycles. The minimum absolute atomic E-state index is 0.230. The highest BCUT2D eigenvalue weighted by Gasteiger charge is 2.31. The van der Waals surface area contributed by atoms with Crippen molar-refractivity contribution < 1.29 is 14.7 Å². The van der Waals surface area contributed by atoms with E-state index in [1.54, 1.807) is 23.9 Å². The van der Waals surface area contributed by atoms with Gasteiger partial charge in [0.15, 0.2) is 0 Å². The van der Waals surface area contributed by atoms with Gasteiger partial charge in [-0.25, -0.2) is 5.01 Å². The van der Waals surface area contributed by atoms with Gasteiger partial charge in [-0.1, -0.05) is 54.6 Å². The summed E-state index contributed by atoms with van der Waals surface area (Å²) in [5, 5.41) is 11.0. The number of hydrazine groups is 1. The van der Waals surface area contributed by atoms with E-state index in [0.29, 0.717) is 17.1 Å². The number of rotatable bonds is 9. The smallest absolute Gasteiger partial charge is 0.316 e. The van der Waals surface area contributed by atoms with Crippen molar-refractivity contribution in [3.8, 4) is 0 Å². The molecule has 0 fully saturated rings. The van der Waals surface area contributed by atoms with Crippen LogP contribution < -0.4 is 10.4 Å². The molecular weight excluding hydrogens is 384 g/mol. The highest BCUT2D eigenvalue weighted by atomic mass is 32.2. The summed E-state index contributed by atoms with van der Waals surface area (Å²) in [5.74, 6) is -2.25. The van der Waals surface area contributed by atoms with Gasteiger partial charge in [0, 0.05) is 4.90 Å². The van der Waals surface area contributed by atoms with E-state index < -0.39 is 17.8 Å². The molecule has 1 atom stereocenters. The Morgan fingerprint density at radius 1 is 0.862 bits per heavy atom. The van der Waals surface area contributed by atoms with Crippen LogP contribution in [-0.2, 0) is 9.59 Å². The number of aliphatic carboxylic acids is 1. The van der Waals surface area contributed by atoms with Gasteiger partial charge in [-0.3, -0.25) is 15.0 Å². The van der Waals surface area contributed by atoms with Crippen LogP contribution in [0.15, 0.2) is 95.9 Å². The Hall–Kier alpha value is -3.25. The van der Waals surface area contributed by atoms with Crippen LogP contribution in [0.1, 0.15) is 6.42 Å². The van der Waals surface area contributed by atoms with Crippen LogP contribution in [0.4, 0.5) is 11.4 Å². The van der Waals surface area contributed by atoms with Gasteiger partial charge in [0.05, 0.1) is 11.4 Å². The van der Waals surface area contributed by atoms with E-state index >= 15 is 0 Å². The Bertz CT molecular complexity index is 921. The number of nitrogens with zero attached hydrogens (tertiary/aromatic N) is 1. The number of carbonyl (C=O) groups is 2. The summed E-state index contributed by atoms with van der Waals surface area (Å²) >= 11 is 1.54. The van der Waals surface area contributed by atoms with Gasteiger partial charge in [0.2, 0.25) is 0 Å². The molecule has 0 heterocycles. The predicted molar refractivity (Wildman–Crippen MR) is 117 cm³/mol. The second-order valence-electron chi connectivity index (χ2n) is 6.33. The number of nitrogens with one attached hydrogen (secondary N) is 1. The number of amides is 1. The fourth-order valence-electron chi connectivity index (χ4n) is 2.79. The Morgan fingerprint density at radius 2 is 1.41 bits per heavy atom. The van der Waals surface area contributed by atoms with Crippen LogP contribution in [-0.4, -0.2) is 22.7 Å². The molecule has 3 aromatic rings. The van der Waals surface area contributed by atoms with Gasteiger partial charge in [-0.2, -0.15) is 0 Å². The maximum absolute atomic E-state index is 13.2. The first kappa shape index (κ1) is 20.5. The molecule has 0 aromatic heterocycles. The summed E-state index contributed by atoms with van der Waals surface area (Å²) in [6.07, 6.45) is 0.230. The zero-order valence-electron chi connectivity index (χ0n) is 15.8. The monoisotopic (exact) mass is 406 g/mol. The molecule has 0 saturated heterocycles. The number of anilines is 2. The largest absolute Gasteiger partial charge is 0.481 e. The van der Waals surface area contributed by atoms with Crippen molar-refractivity contribution in [1.82, 2.24) is 0 Å². The molecule has 3 rings (SSSR count). The van der Waals surface area contributed by atoms with Crippen LogP contribution in [0.5, 0.6) is 0 Å². The third kappa shape index (κ3) is 5.86. The third-order valence-corrected chi connectivity index (χ3v) is 5.31. The van der Waals surface area contributed by atoms with Crippen LogP contribution in [0.25, 0.3) is 0 Å². The Labute approximate surface area is 174 Å². The molecular formula is C23H22N2O3S. The summed E-state index contributed by atoms with van der Waals surface area (Å²) in [4.78, 5) is 26.1. The van der Waals surface area contributed by atoms with Crippen LogP contribution in [0.3, 0.4) is 0 Å². The summed E-state index contributed by atoms with van der Waals surface area (Å²) in [5.41, 5.74) is 4.34. The molecule has 0 aliphatic heterocycles. The third-order valence-electron chi connectivity index (χ3n) is 4.26. The summed E-state index contributed by atoms with van der Waals surface area (Å²) < 4.78 is 0. The number of hydrogen-bond donors (Lipinski definition) is 2. The molecule has 0 radical (unpaired) electrons. The lowest BCUT2D eigenvalue weighted by atomic mass is 10.1. The molecule has 148 valence electrons. The van der Waals surface area contributed by atoms with E-state index in [4.69, 9.17) is 0 Å². The quantitative estimate of drug-likeness (QED) is 0.300. The van der Waals surface area contributed by atoms with Crippen LogP contribution in [0, 0.1) is 5.92 Å². The van der Waals surface area contributed by atoms with E-state index in [0.717, 1.165) is 4.90 Å². The fourth-order valence-corrected chi connectivity index (χ4v) is 3.72. The molecule has 6 heteroatoms. The zero-order valence-corrected chi connectivity index (χ0v) is 16.6. The van der Waals surface area contributed by atoms with Crippen LogP contribution >= 0.6 is 11.8 Å². The van der Waals surface area contributed by atoms with Gasteiger partial charge in [0.25, 0.3) is 5.91 Å². The number of para-hydroxylation sites is 2. The van der Waals surface area contributed by atoms with Crippen molar-refractivity contribution in [3.05, 3.63) is 91.0 Å². The number of carboxylic acids is 1. The second kappa shape index (κ2) is 10.3. The predicted octanol–water partition coefficient (Wildman–Crippen LogP) is 4.93. The number of thioether (sulfide) groups is 1. The minimum atomic E-state index is -1.15. The molecule has 0 saturated carbocycles. The molecule has 2 N–H and O–H groups in total. The number of carboxylic acid groups (broad SMARTS) is 1. The van der Waals surface area contributed by atoms with E-state index in [-0.39, 0.29) is 6.42 Å². The first-order chi connectivity index (χ1) is 14.1. The van der Waals surface area contributed by atoms with Gasteiger partial charge in [0.1, 0.15) is 5.92 Å². The van der Waals surface area contributed by atoms with Crippen LogP contribution in [0.2, 0.25) is 0 Å². The number of carbonyl (C=O) groups excluding carboxylic acids is 1. The Morgan fingerprint density at radius 3 is 2.00 bits per heavy atom. The molecule has 3 aromatic carbocycles. The first-order valence-corrected chi connectivity index (χ1v) is 10.2. The van der Waals surface area contributed by atoms with Gasteiger partial charge in [-0.05, 0) is 48.6 Å². The summed E-state index contributed by atoms with van der Waals surface area (Å²) in [7, 11) is 0. The van der Waals surface area contributed by atoms with Crippen molar-refractivity contribution in [2.45, 2.75) is 11.3 Å². The van der Waals surface area contributed by atoms with E-state index in [1.807, 2.05) is 78.9 Å². The average molecular weight is 407 g/mol.